The summed E-state index contributed by atoms with van der Waals surface area (Å²) in [6, 6.07) is 16.2. The first-order valence-corrected chi connectivity index (χ1v) is 9.76. The molecule has 0 fully saturated rings. The molecule has 166 valence electrons. The molecule has 0 saturated carbocycles. The molecule has 9 heteroatoms. The van der Waals surface area contributed by atoms with E-state index in [9.17, 15) is 22.8 Å². The number of nitrogens with zero attached hydrogens (tertiary/aromatic N) is 2. The molecule has 2 aromatic carbocycles. The summed E-state index contributed by atoms with van der Waals surface area (Å²) in [6.07, 6.45) is -1.34. The third kappa shape index (κ3) is 5.15. The Labute approximate surface area is 186 Å². The molecular formula is C24H16F3N3O3. The van der Waals surface area contributed by atoms with Gasteiger partial charge in [0.2, 0.25) is 0 Å². The van der Waals surface area contributed by atoms with Crippen molar-refractivity contribution in [2.24, 2.45) is 0 Å². The zero-order chi connectivity index (χ0) is 23.4. The van der Waals surface area contributed by atoms with Crippen LogP contribution in [0.4, 0.5) is 18.9 Å². The zero-order valence-corrected chi connectivity index (χ0v) is 17.0. The number of hydrogen-bond donors (Lipinski definition) is 1. The maximum absolute atomic E-state index is 12.8. The number of ether oxygens (including phenoxy) is 1. The molecule has 0 saturated heterocycles. The molecule has 0 radical (unpaired) electrons. The fraction of sp³-hybridized carbons (Fsp3) is 0.0833. The predicted molar refractivity (Wildman–Crippen MR) is 115 cm³/mol. The Bertz CT molecular complexity index is 1320. The smallest absolute Gasteiger partial charge is 0.416 e. The number of hydrogen-bond acceptors (Lipinski definition) is 5. The van der Waals surface area contributed by atoms with Crippen molar-refractivity contribution in [1.82, 2.24) is 9.97 Å². The Morgan fingerprint density at radius 1 is 0.939 bits per heavy atom. The second kappa shape index (κ2) is 9.07. The number of pyridine rings is 2. The van der Waals surface area contributed by atoms with E-state index in [0.717, 1.165) is 17.7 Å². The number of benzene rings is 2. The highest BCUT2D eigenvalue weighted by molar-refractivity contribution is 6.05. The number of carbonyl (C=O) groups is 2. The number of fused-ring (bicyclic) bond motifs is 1. The van der Waals surface area contributed by atoms with Crippen molar-refractivity contribution in [3.63, 3.8) is 0 Å². The van der Waals surface area contributed by atoms with Crippen LogP contribution in [-0.4, -0.2) is 28.5 Å². The molecule has 0 bridgehead atoms. The first-order chi connectivity index (χ1) is 15.8. The summed E-state index contributed by atoms with van der Waals surface area (Å²) in [5.74, 6) is -1.53. The van der Waals surface area contributed by atoms with Crippen molar-refractivity contribution in [2.75, 3.05) is 11.9 Å². The normalized spacial score (nSPS) is 11.2. The van der Waals surface area contributed by atoms with Crippen LogP contribution < -0.4 is 5.32 Å². The van der Waals surface area contributed by atoms with Crippen LogP contribution in [0.15, 0.2) is 79.1 Å². The van der Waals surface area contributed by atoms with E-state index < -0.39 is 30.2 Å². The van der Waals surface area contributed by atoms with Crippen LogP contribution in [0.5, 0.6) is 0 Å². The number of nitrogens with one attached hydrogen (secondary N) is 1. The second-order valence-corrected chi connectivity index (χ2v) is 7.01. The molecule has 4 rings (SSSR count). The maximum atomic E-state index is 12.8. The Morgan fingerprint density at radius 2 is 1.70 bits per heavy atom. The number of para-hydroxylation sites is 1. The highest BCUT2D eigenvalue weighted by Crippen LogP contribution is 2.30. The minimum absolute atomic E-state index is 0.0554. The van der Waals surface area contributed by atoms with Crippen LogP contribution in [0.3, 0.4) is 0 Å². The Balaban J connectivity index is 1.52. The molecular weight excluding hydrogens is 435 g/mol. The van der Waals surface area contributed by atoms with E-state index in [1.54, 1.807) is 54.9 Å². The lowest BCUT2D eigenvalue weighted by Crippen LogP contribution is -2.21. The fourth-order valence-corrected chi connectivity index (χ4v) is 3.19. The van der Waals surface area contributed by atoms with Crippen molar-refractivity contribution in [1.29, 1.82) is 0 Å². The predicted octanol–water partition coefficient (Wildman–Crippen LogP) is 5.11. The first kappa shape index (κ1) is 21.9. The third-order valence-corrected chi connectivity index (χ3v) is 4.72. The van der Waals surface area contributed by atoms with Gasteiger partial charge in [-0.25, -0.2) is 9.78 Å². The van der Waals surface area contributed by atoms with Gasteiger partial charge in [-0.1, -0.05) is 24.3 Å². The van der Waals surface area contributed by atoms with E-state index >= 15 is 0 Å². The van der Waals surface area contributed by atoms with Gasteiger partial charge < -0.3 is 10.1 Å². The van der Waals surface area contributed by atoms with Crippen molar-refractivity contribution >= 4 is 28.5 Å². The van der Waals surface area contributed by atoms with Gasteiger partial charge in [0.1, 0.15) is 0 Å². The topological polar surface area (TPSA) is 81.2 Å². The highest BCUT2D eigenvalue weighted by atomic mass is 19.4. The number of rotatable bonds is 5. The van der Waals surface area contributed by atoms with Gasteiger partial charge in [0.15, 0.2) is 6.61 Å². The number of anilines is 1. The molecule has 1 amide bonds. The van der Waals surface area contributed by atoms with Gasteiger partial charge in [0, 0.05) is 29.0 Å². The van der Waals surface area contributed by atoms with E-state index in [1.807, 2.05) is 0 Å². The van der Waals surface area contributed by atoms with Gasteiger partial charge in [-0.05, 0) is 42.5 Å². The molecule has 2 heterocycles. The van der Waals surface area contributed by atoms with E-state index in [-0.39, 0.29) is 11.3 Å². The van der Waals surface area contributed by atoms with E-state index in [1.165, 1.54) is 12.1 Å². The van der Waals surface area contributed by atoms with Gasteiger partial charge in [0.05, 0.1) is 22.3 Å². The molecule has 33 heavy (non-hydrogen) atoms. The van der Waals surface area contributed by atoms with Crippen LogP contribution >= 0.6 is 0 Å². The quantitative estimate of drug-likeness (QED) is 0.427. The summed E-state index contributed by atoms with van der Waals surface area (Å²) in [4.78, 5) is 33.5. The summed E-state index contributed by atoms with van der Waals surface area (Å²) in [5.41, 5.74) is 1.08. The van der Waals surface area contributed by atoms with E-state index in [4.69, 9.17) is 4.74 Å². The van der Waals surface area contributed by atoms with Crippen LogP contribution in [-0.2, 0) is 15.7 Å². The molecule has 0 unspecified atom stereocenters. The molecule has 0 aliphatic heterocycles. The molecule has 2 aromatic heterocycles. The molecule has 0 aliphatic carbocycles. The second-order valence-electron chi connectivity index (χ2n) is 7.01. The molecule has 0 spiro atoms. The van der Waals surface area contributed by atoms with Gasteiger partial charge in [0.25, 0.3) is 5.91 Å². The fourth-order valence-electron chi connectivity index (χ4n) is 3.19. The number of carbonyl (C=O) groups excluding carboxylic acids is 2. The number of aromatic nitrogens is 2. The van der Waals surface area contributed by atoms with Gasteiger partial charge in [-0.15, -0.1) is 0 Å². The van der Waals surface area contributed by atoms with Crippen molar-refractivity contribution in [3.8, 4) is 11.3 Å². The average molecular weight is 451 g/mol. The number of halogens is 3. The van der Waals surface area contributed by atoms with Crippen LogP contribution in [0.2, 0.25) is 0 Å². The van der Waals surface area contributed by atoms with Crippen molar-refractivity contribution in [3.05, 3.63) is 90.3 Å². The standard InChI is InChI=1S/C24H16F3N3O3/c25-24(26,27)16-4-3-5-17(12-16)29-22(31)14-33-23(32)19-13-21(15-8-10-28-11-9-15)30-20-7-2-1-6-18(19)20/h1-13H,14H2,(H,29,31). The van der Waals surface area contributed by atoms with Gasteiger partial charge in [-0.2, -0.15) is 13.2 Å². The SMILES string of the molecule is O=C(COC(=O)c1cc(-c2ccncc2)nc2ccccc12)Nc1cccc(C(F)(F)F)c1. The Hall–Kier alpha value is -4.27. The van der Waals surface area contributed by atoms with Gasteiger partial charge in [-0.3, -0.25) is 9.78 Å². The molecule has 0 atom stereocenters. The highest BCUT2D eigenvalue weighted by Gasteiger charge is 2.30. The third-order valence-electron chi connectivity index (χ3n) is 4.72. The largest absolute Gasteiger partial charge is 0.452 e. The lowest BCUT2D eigenvalue weighted by Gasteiger charge is -2.11. The van der Waals surface area contributed by atoms with Crippen LogP contribution in [0.25, 0.3) is 22.2 Å². The maximum Gasteiger partial charge on any atom is 0.416 e. The summed E-state index contributed by atoms with van der Waals surface area (Å²) >= 11 is 0. The molecule has 0 aliphatic rings. The molecule has 6 nitrogen and oxygen atoms in total. The average Bonchev–Trinajstić information content (AvgIpc) is 2.82. The summed E-state index contributed by atoms with van der Waals surface area (Å²) < 4.78 is 43.7. The number of amides is 1. The minimum Gasteiger partial charge on any atom is -0.452 e. The Morgan fingerprint density at radius 3 is 2.45 bits per heavy atom. The zero-order valence-electron chi connectivity index (χ0n) is 17.0. The van der Waals surface area contributed by atoms with Crippen LogP contribution in [0.1, 0.15) is 15.9 Å². The lowest BCUT2D eigenvalue weighted by molar-refractivity contribution is -0.137. The summed E-state index contributed by atoms with van der Waals surface area (Å²) in [6.45, 7) is -0.670. The monoisotopic (exact) mass is 451 g/mol. The number of alkyl halides is 3. The summed E-state index contributed by atoms with van der Waals surface area (Å²) in [5, 5.41) is 2.84. The summed E-state index contributed by atoms with van der Waals surface area (Å²) in [7, 11) is 0. The van der Waals surface area contributed by atoms with Crippen LogP contribution in [0, 0.1) is 0 Å². The molecule has 4 aromatic rings. The minimum atomic E-state index is -4.54. The van der Waals surface area contributed by atoms with Crippen molar-refractivity contribution < 1.29 is 27.5 Å². The van der Waals surface area contributed by atoms with Gasteiger partial charge >= 0.3 is 12.1 Å². The molecule has 1 N–H and O–H groups in total. The van der Waals surface area contributed by atoms with Crippen molar-refractivity contribution in [2.45, 2.75) is 6.18 Å². The Kier molecular flexibility index (Phi) is 6.03. The number of esters is 1. The van der Waals surface area contributed by atoms with E-state index in [0.29, 0.717) is 16.6 Å². The van der Waals surface area contributed by atoms with E-state index in [2.05, 4.69) is 15.3 Å². The first-order valence-electron chi connectivity index (χ1n) is 9.76. The lowest BCUT2D eigenvalue weighted by atomic mass is 10.0.